The molecule has 0 rings (SSSR count). The summed E-state index contributed by atoms with van der Waals surface area (Å²) in [6.07, 6.45) is 43.7. The summed E-state index contributed by atoms with van der Waals surface area (Å²) in [4.78, 5) is 12.3. The lowest BCUT2D eigenvalue weighted by atomic mass is 10.0. The van der Waals surface area contributed by atoms with Crippen molar-refractivity contribution in [3.63, 3.8) is 0 Å². The van der Waals surface area contributed by atoms with E-state index >= 15 is 0 Å². The number of unbranched alkanes of at least 4 members (excludes halogenated alkanes) is 23. The van der Waals surface area contributed by atoms with Crippen molar-refractivity contribution in [2.24, 2.45) is 0 Å². The smallest absolute Gasteiger partial charge is 0.220 e. The number of amides is 1. The van der Waals surface area contributed by atoms with E-state index in [2.05, 4.69) is 43.5 Å². The molecule has 0 spiro atoms. The van der Waals surface area contributed by atoms with E-state index in [1.807, 2.05) is 0 Å². The van der Waals surface area contributed by atoms with Gasteiger partial charge in [0.1, 0.15) is 0 Å². The van der Waals surface area contributed by atoms with Crippen LogP contribution in [0.3, 0.4) is 0 Å². The molecule has 0 aromatic carbocycles. The minimum Gasteiger partial charge on any atom is -0.394 e. The first-order chi connectivity index (χ1) is 21.2. The summed E-state index contributed by atoms with van der Waals surface area (Å²) in [5.74, 6) is -0.0402. The van der Waals surface area contributed by atoms with Crippen molar-refractivity contribution in [3.05, 3.63) is 24.3 Å². The van der Waals surface area contributed by atoms with E-state index in [1.54, 1.807) is 0 Å². The second kappa shape index (κ2) is 35.4. The minimum absolute atomic E-state index is 0.0402. The Kier molecular flexibility index (Phi) is 34.4. The number of allylic oxidation sites excluding steroid dienone is 4. The number of aliphatic hydroxyl groups excluding tert-OH is 2. The number of carbonyl (C=O) groups is 1. The maximum Gasteiger partial charge on any atom is 0.220 e. The van der Waals surface area contributed by atoms with Gasteiger partial charge in [-0.25, -0.2) is 0 Å². The third-order valence-electron chi connectivity index (χ3n) is 8.72. The van der Waals surface area contributed by atoms with E-state index in [0.29, 0.717) is 12.8 Å². The summed E-state index contributed by atoms with van der Waals surface area (Å²) in [5.41, 5.74) is 0. The topological polar surface area (TPSA) is 69.6 Å². The number of carbonyl (C=O) groups excluding carboxylic acids is 1. The fourth-order valence-corrected chi connectivity index (χ4v) is 5.74. The van der Waals surface area contributed by atoms with Crippen LogP contribution in [0.15, 0.2) is 24.3 Å². The Labute approximate surface area is 269 Å². The van der Waals surface area contributed by atoms with Crippen molar-refractivity contribution in [3.8, 4) is 0 Å². The monoisotopic (exact) mass is 606 g/mol. The standard InChI is InChI=1S/C39H75NO3/c1-3-5-7-9-11-13-15-17-18-19-20-21-23-25-27-29-31-33-35-39(43)40-37(36-41)38(42)34-32-30-28-26-24-22-16-14-12-10-8-6-4-2/h13,15,18-19,37-38,41-42H,3-12,14,16-17,20-36H2,1-2H3,(H,40,43)/b15-13-,19-18-. The van der Waals surface area contributed by atoms with E-state index in [0.717, 1.165) is 32.1 Å². The number of hydrogen-bond acceptors (Lipinski definition) is 3. The summed E-state index contributed by atoms with van der Waals surface area (Å²) in [6.45, 7) is 4.33. The van der Waals surface area contributed by atoms with Gasteiger partial charge < -0.3 is 15.5 Å². The van der Waals surface area contributed by atoms with Crippen LogP contribution in [0, 0.1) is 0 Å². The Bertz CT molecular complexity index is 618. The Balaban J connectivity index is 3.57. The number of hydrogen-bond donors (Lipinski definition) is 3. The quantitative estimate of drug-likeness (QED) is 0.0505. The zero-order valence-electron chi connectivity index (χ0n) is 29.0. The minimum atomic E-state index is -0.659. The van der Waals surface area contributed by atoms with Gasteiger partial charge in [-0.2, -0.15) is 0 Å². The molecule has 0 aliphatic heterocycles. The molecule has 0 aromatic heterocycles. The Morgan fingerprint density at radius 3 is 1.42 bits per heavy atom. The Hall–Kier alpha value is -1.13. The van der Waals surface area contributed by atoms with E-state index in [9.17, 15) is 15.0 Å². The molecule has 4 nitrogen and oxygen atoms in total. The molecule has 2 atom stereocenters. The summed E-state index contributed by atoms with van der Waals surface area (Å²) in [7, 11) is 0. The second-order valence-electron chi connectivity index (χ2n) is 13.0. The number of nitrogens with one attached hydrogen (secondary N) is 1. The van der Waals surface area contributed by atoms with Crippen LogP contribution in [0.5, 0.6) is 0 Å². The maximum absolute atomic E-state index is 12.3. The van der Waals surface area contributed by atoms with Gasteiger partial charge in [-0.1, -0.05) is 173 Å². The van der Waals surface area contributed by atoms with Gasteiger partial charge in [0.05, 0.1) is 18.8 Å². The molecule has 0 aromatic rings. The maximum atomic E-state index is 12.3. The molecule has 0 heterocycles. The summed E-state index contributed by atoms with van der Waals surface area (Å²) >= 11 is 0. The van der Waals surface area contributed by atoms with E-state index in [1.165, 1.54) is 141 Å². The first-order valence-corrected chi connectivity index (χ1v) is 19.0. The van der Waals surface area contributed by atoms with Gasteiger partial charge in [-0.15, -0.1) is 0 Å². The molecule has 4 heteroatoms. The van der Waals surface area contributed by atoms with Crippen molar-refractivity contribution >= 4 is 5.91 Å². The van der Waals surface area contributed by atoms with Crippen LogP contribution in [-0.2, 0) is 4.79 Å². The molecule has 0 fully saturated rings. The molecule has 43 heavy (non-hydrogen) atoms. The van der Waals surface area contributed by atoms with Crippen LogP contribution in [0.2, 0.25) is 0 Å². The highest BCUT2D eigenvalue weighted by Gasteiger charge is 2.19. The van der Waals surface area contributed by atoms with Crippen molar-refractivity contribution in [1.29, 1.82) is 0 Å². The molecule has 1 amide bonds. The summed E-state index contributed by atoms with van der Waals surface area (Å²) in [6, 6.07) is -0.537. The van der Waals surface area contributed by atoms with E-state index < -0.39 is 12.1 Å². The molecule has 0 bridgehead atoms. The normalized spacial score (nSPS) is 13.3. The fraction of sp³-hybridized carbons (Fsp3) is 0.872. The summed E-state index contributed by atoms with van der Waals surface area (Å²) < 4.78 is 0. The van der Waals surface area contributed by atoms with Gasteiger partial charge in [0.2, 0.25) is 5.91 Å². The molecule has 2 unspecified atom stereocenters. The van der Waals surface area contributed by atoms with Crippen LogP contribution in [0.4, 0.5) is 0 Å². The number of aliphatic hydroxyl groups is 2. The van der Waals surface area contributed by atoms with Gasteiger partial charge in [-0.05, 0) is 44.9 Å². The van der Waals surface area contributed by atoms with Crippen LogP contribution >= 0.6 is 0 Å². The average molecular weight is 606 g/mol. The molecule has 0 radical (unpaired) electrons. The lowest BCUT2D eigenvalue weighted by Crippen LogP contribution is -2.45. The molecule has 3 N–H and O–H groups in total. The van der Waals surface area contributed by atoms with Crippen LogP contribution < -0.4 is 5.32 Å². The van der Waals surface area contributed by atoms with Crippen molar-refractivity contribution in [2.45, 2.75) is 212 Å². The fourth-order valence-electron chi connectivity index (χ4n) is 5.74. The van der Waals surface area contributed by atoms with E-state index in [-0.39, 0.29) is 12.5 Å². The molecular weight excluding hydrogens is 530 g/mol. The SMILES string of the molecule is CCCCCC/C=C\C/C=C\CCCCCCCCCC(=O)NC(CO)C(O)CCCCCCCCCCCCCCC. The highest BCUT2D eigenvalue weighted by atomic mass is 16.3. The lowest BCUT2D eigenvalue weighted by molar-refractivity contribution is -0.123. The molecule has 0 aliphatic rings. The Morgan fingerprint density at radius 1 is 0.558 bits per heavy atom. The van der Waals surface area contributed by atoms with Gasteiger partial charge >= 0.3 is 0 Å². The van der Waals surface area contributed by atoms with Crippen molar-refractivity contribution < 1.29 is 15.0 Å². The van der Waals surface area contributed by atoms with Crippen LogP contribution in [0.25, 0.3) is 0 Å². The summed E-state index contributed by atoms with van der Waals surface area (Å²) in [5, 5.41) is 23.0. The van der Waals surface area contributed by atoms with E-state index in [4.69, 9.17) is 0 Å². The number of rotatable bonds is 34. The molecule has 0 saturated carbocycles. The highest BCUT2D eigenvalue weighted by Crippen LogP contribution is 2.15. The third kappa shape index (κ3) is 32.1. The molecular formula is C39H75NO3. The Morgan fingerprint density at radius 2 is 0.953 bits per heavy atom. The molecule has 0 saturated heterocycles. The van der Waals surface area contributed by atoms with Crippen LogP contribution in [-0.4, -0.2) is 34.9 Å². The van der Waals surface area contributed by atoms with Gasteiger partial charge in [0, 0.05) is 6.42 Å². The zero-order valence-corrected chi connectivity index (χ0v) is 29.0. The second-order valence-corrected chi connectivity index (χ2v) is 13.0. The van der Waals surface area contributed by atoms with Crippen molar-refractivity contribution in [1.82, 2.24) is 5.32 Å². The predicted octanol–water partition coefficient (Wildman–Crippen LogP) is 11.3. The highest BCUT2D eigenvalue weighted by molar-refractivity contribution is 5.76. The van der Waals surface area contributed by atoms with Gasteiger partial charge in [0.15, 0.2) is 0 Å². The first-order valence-electron chi connectivity index (χ1n) is 19.0. The zero-order chi connectivity index (χ0) is 31.5. The third-order valence-corrected chi connectivity index (χ3v) is 8.72. The predicted molar refractivity (Wildman–Crippen MR) is 189 cm³/mol. The van der Waals surface area contributed by atoms with Gasteiger partial charge in [-0.3, -0.25) is 4.79 Å². The molecule has 254 valence electrons. The van der Waals surface area contributed by atoms with Crippen LogP contribution in [0.1, 0.15) is 200 Å². The van der Waals surface area contributed by atoms with Crippen molar-refractivity contribution in [2.75, 3.05) is 6.61 Å². The van der Waals surface area contributed by atoms with Gasteiger partial charge in [0.25, 0.3) is 0 Å². The average Bonchev–Trinajstić information content (AvgIpc) is 3.01. The first kappa shape index (κ1) is 41.9. The largest absolute Gasteiger partial charge is 0.394 e. The lowest BCUT2D eigenvalue weighted by Gasteiger charge is -2.22. The molecule has 0 aliphatic carbocycles.